The van der Waals surface area contributed by atoms with E-state index in [1.807, 2.05) is 36.7 Å². The average molecular weight is 389 g/mol. The second-order valence-corrected chi connectivity index (χ2v) is 6.32. The summed E-state index contributed by atoms with van der Waals surface area (Å²) in [5.74, 6) is 0.793. The number of hydrogen-bond acceptors (Lipinski definition) is 3. The summed E-state index contributed by atoms with van der Waals surface area (Å²) < 4.78 is 3.72. The molecule has 19 heavy (non-hydrogen) atoms. The predicted molar refractivity (Wildman–Crippen MR) is 80.9 cm³/mol. The van der Waals surface area contributed by atoms with Gasteiger partial charge < -0.3 is 5.11 Å². The van der Waals surface area contributed by atoms with Crippen molar-refractivity contribution in [3.05, 3.63) is 44.9 Å². The van der Waals surface area contributed by atoms with Gasteiger partial charge in [-0.1, -0.05) is 6.07 Å². The van der Waals surface area contributed by atoms with Gasteiger partial charge in [0.05, 0.1) is 6.10 Å². The molecule has 102 valence electrons. The Bertz CT molecular complexity index is 569. The van der Waals surface area contributed by atoms with Crippen molar-refractivity contribution in [1.29, 1.82) is 0 Å². The van der Waals surface area contributed by atoms with Gasteiger partial charge in [0.25, 0.3) is 0 Å². The summed E-state index contributed by atoms with van der Waals surface area (Å²) in [7, 11) is 0. The maximum absolute atomic E-state index is 10.3. The molecule has 0 aliphatic rings. The summed E-state index contributed by atoms with van der Waals surface area (Å²) in [5.41, 5.74) is 0.855. The van der Waals surface area contributed by atoms with Crippen LogP contribution in [0.1, 0.15) is 37.4 Å². The molecule has 1 atom stereocenters. The minimum atomic E-state index is -0.592. The van der Waals surface area contributed by atoms with Gasteiger partial charge in [-0.15, -0.1) is 0 Å². The summed E-state index contributed by atoms with van der Waals surface area (Å²) >= 11 is 6.85. The van der Waals surface area contributed by atoms with E-state index in [-0.39, 0.29) is 6.04 Å². The minimum absolute atomic E-state index is 0.237. The minimum Gasteiger partial charge on any atom is -0.388 e. The highest BCUT2D eigenvalue weighted by Crippen LogP contribution is 2.27. The molecule has 0 aliphatic carbocycles. The van der Waals surface area contributed by atoms with E-state index in [1.165, 1.54) is 6.33 Å². The SMILES string of the molecule is CC(C)n1ncnc1CC(O)c1ccc(Br)c(Br)c1. The van der Waals surface area contributed by atoms with Gasteiger partial charge in [-0.2, -0.15) is 5.10 Å². The van der Waals surface area contributed by atoms with Crippen molar-refractivity contribution >= 4 is 31.9 Å². The number of halogens is 2. The number of aromatic nitrogens is 3. The standard InChI is InChI=1S/C13H15Br2N3O/c1-8(2)18-13(16-7-17-18)6-12(19)9-3-4-10(14)11(15)5-9/h3-5,7-8,12,19H,6H2,1-2H3. The Morgan fingerprint density at radius 2 is 2.00 bits per heavy atom. The Morgan fingerprint density at radius 1 is 1.26 bits per heavy atom. The molecule has 0 bridgehead atoms. The number of aliphatic hydroxyl groups is 1. The molecule has 2 aromatic rings. The highest BCUT2D eigenvalue weighted by molar-refractivity contribution is 9.13. The monoisotopic (exact) mass is 387 g/mol. The van der Waals surface area contributed by atoms with Gasteiger partial charge in [0.15, 0.2) is 0 Å². The Hall–Kier alpha value is -0.720. The molecule has 1 heterocycles. The molecule has 0 saturated heterocycles. The lowest BCUT2D eigenvalue weighted by molar-refractivity contribution is 0.173. The lowest BCUT2D eigenvalue weighted by atomic mass is 10.1. The fraction of sp³-hybridized carbons (Fsp3) is 0.385. The molecular weight excluding hydrogens is 374 g/mol. The van der Waals surface area contributed by atoms with Gasteiger partial charge in [-0.25, -0.2) is 9.67 Å². The molecule has 0 aliphatic heterocycles. The predicted octanol–water partition coefficient (Wildman–Crippen LogP) is 3.66. The molecule has 1 aromatic heterocycles. The maximum atomic E-state index is 10.3. The van der Waals surface area contributed by atoms with Crippen LogP contribution in [0.4, 0.5) is 0 Å². The van der Waals surface area contributed by atoms with Crippen LogP contribution in [-0.4, -0.2) is 19.9 Å². The van der Waals surface area contributed by atoms with Crippen molar-refractivity contribution in [1.82, 2.24) is 14.8 Å². The molecule has 1 unspecified atom stereocenters. The van der Waals surface area contributed by atoms with Gasteiger partial charge in [-0.3, -0.25) is 0 Å². The third-order valence-corrected chi connectivity index (χ3v) is 4.72. The second kappa shape index (κ2) is 6.15. The molecule has 0 saturated carbocycles. The number of benzene rings is 1. The summed E-state index contributed by atoms with van der Waals surface area (Å²) in [5, 5.41) is 14.5. The van der Waals surface area contributed by atoms with Crippen LogP contribution in [0.2, 0.25) is 0 Å². The van der Waals surface area contributed by atoms with Crippen LogP contribution < -0.4 is 0 Å². The van der Waals surface area contributed by atoms with Crippen molar-refractivity contribution < 1.29 is 5.11 Å². The zero-order chi connectivity index (χ0) is 14.0. The Kier molecular flexibility index (Phi) is 4.76. The number of hydrogen-bond donors (Lipinski definition) is 1. The second-order valence-electron chi connectivity index (χ2n) is 4.61. The smallest absolute Gasteiger partial charge is 0.138 e. The summed E-state index contributed by atoms with van der Waals surface area (Å²) in [6, 6.07) is 5.96. The quantitative estimate of drug-likeness (QED) is 0.869. The van der Waals surface area contributed by atoms with Gasteiger partial charge in [0, 0.05) is 21.4 Å². The number of nitrogens with zero attached hydrogens (tertiary/aromatic N) is 3. The molecule has 0 spiro atoms. The number of aliphatic hydroxyl groups excluding tert-OH is 1. The van der Waals surface area contributed by atoms with E-state index < -0.39 is 6.10 Å². The molecule has 1 aromatic carbocycles. The summed E-state index contributed by atoms with van der Waals surface area (Å²) in [6.07, 6.45) is 1.39. The van der Waals surface area contributed by atoms with Gasteiger partial charge >= 0.3 is 0 Å². The third kappa shape index (κ3) is 3.43. The highest BCUT2D eigenvalue weighted by Gasteiger charge is 2.15. The van der Waals surface area contributed by atoms with Crippen LogP contribution in [0, 0.1) is 0 Å². The molecule has 0 amide bonds. The van der Waals surface area contributed by atoms with E-state index in [0.29, 0.717) is 6.42 Å². The molecular formula is C13H15Br2N3O. The van der Waals surface area contributed by atoms with Crippen molar-refractivity contribution in [2.24, 2.45) is 0 Å². The van der Waals surface area contributed by atoms with E-state index >= 15 is 0 Å². The molecule has 4 nitrogen and oxygen atoms in total. The molecule has 2 rings (SSSR count). The lowest BCUT2D eigenvalue weighted by Gasteiger charge is -2.14. The van der Waals surface area contributed by atoms with Gasteiger partial charge in [-0.05, 0) is 63.4 Å². The van der Waals surface area contributed by atoms with E-state index in [4.69, 9.17) is 0 Å². The largest absolute Gasteiger partial charge is 0.388 e. The zero-order valence-electron chi connectivity index (χ0n) is 10.7. The topological polar surface area (TPSA) is 50.9 Å². The molecule has 0 radical (unpaired) electrons. The molecule has 6 heteroatoms. The Labute approximate surface area is 129 Å². The van der Waals surface area contributed by atoms with Crippen LogP contribution >= 0.6 is 31.9 Å². The molecule has 1 N–H and O–H groups in total. The number of rotatable bonds is 4. The van der Waals surface area contributed by atoms with Crippen molar-refractivity contribution in [2.75, 3.05) is 0 Å². The first-order chi connectivity index (χ1) is 8.99. The van der Waals surface area contributed by atoms with Crippen molar-refractivity contribution in [2.45, 2.75) is 32.4 Å². The first-order valence-electron chi connectivity index (χ1n) is 6.00. The van der Waals surface area contributed by atoms with Gasteiger partial charge in [0.1, 0.15) is 12.2 Å². The van der Waals surface area contributed by atoms with Crippen LogP contribution in [0.3, 0.4) is 0 Å². The van der Waals surface area contributed by atoms with Crippen molar-refractivity contribution in [3.63, 3.8) is 0 Å². The first-order valence-corrected chi connectivity index (χ1v) is 7.59. The average Bonchev–Trinajstić information content (AvgIpc) is 2.80. The summed E-state index contributed by atoms with van der Waals surface area (Å²) in [4.78, 5) is 4.21. The van der Waals surface area contributed by atoms with Crippen molar-refractivity contribution in [3.8, 4) is 0 Å². The van der Waals surface area contributed by atoms with E-state index in [9.17, 15) is 5.11 Å². The fourth-order valence-corrected chi connectivity index (χ4v) is 2.51. The first kappa shape index (κ1) is 14.7. The van der Waals surface area contributed by atoms with Crippen LogP contribution in [0.25, 0.3) is 0 Å². The Morgan fingerprint density at radius 3 is 2.63 bits per heavy atom. The van der Waals surface area contributed by atoms with E-state index in [2.05, 4.69) is 41.9 Å². The molecule has 0 fully saturated rings. The van der Waals surface area contributed by atoms with E-state index in [1.54, 1.807) is 0 Å². The summed E-state index contributed by atoms with van der Waals surface area (Å²) in [6.45, 7) is 4.08. The Balaban J connectivity index is 2.18. The lowest BCUT2D eigenvalue weighted by Crippen LogP contribution is -2.12. The normalized spacial score (nSPS) is 12.9. The highest BCUT2D eigenvalue weighted by atomic mass is 79.9. The van der Waals surface area contributed by atoms with Gasteiger partial charge in [0.2, 0.25) is 0 Å². The van der Waals surface area contributed by atoms with E-state index in [0.717, 1.165) is 20.3 Å². The van der Waals surface area contributed by atoms with Crippen LogP contribution in [0.15, 0.2) is 33.5 Å². The van der Waals surface area contributed by atoms with Crippen LogP contribution in [-0.2, 0) is 6.42 Å². The third-order valence-electron chi connectivity index (χ3n) is 2.84. The fourth-order valence-electron chi connectivity index (χ4n) is 1.86. The zero-order valence-corrected chi connectivity index (χ0v) is 13.9. The maximum Gasteiger partial charge on any atom is 0.138 e. The van der Waals surface area contributed by atoms with Crippen LogP contribution in [0.5, 0.6) is 0 Å².